The van der Waals surface area contributed by atoms with Crippen LogP contribution in [0.2, 0.25) is 0 Å². The molecular formula is C16H21N3O2. The minimum atomic E-state index is -0.391. The fourth-order valence-corrected chi connectivity index (χ4v) is 1.77. The molecule has 1 aromatic rings. The first-order chi connectivity index (χ1) is 10.2. The molecule has 2 N–H and O–H groups in total. The van der Waals surface area contributed by atoms with Gasteiger partial charge in [0.2, 0.25) is 0 Å². The Balaban J connectivity index is 2.39. The third kappa shape index (κ3) is 6.59. The van der Waals surface area contributed by atoms with Gasteiger partial charge in [-0.15, -0.1) is 0 Å². The molecular weight excluding hydrogens is 266 g/mol. The van der Waals surface area contributed by atoms with Crippen LogP contribution in [0.25, 0.3) is 0 Å². The normalized spacial score (nSPS) is 10.8. The molecule has 112 valence electrons. The lowest BCUT2D eigenvalue weighted by atomic mass is 10.1. The van der Waals surface area contributed by atoms with Gasteiger partial charge in [-0.2, -0.15) is 5.26 Å². The number of amides is 1. The van der Waals surface area contributed by atoms with Gasteiger partial charge in [0.05, 0.1) is 6.61 Å². The smallest absolute Gasteiger partial charge is 0.263 e. The van der Waals surface area contributed by atoms with Crippen LogP contribution in [0.4, 0.5) is 0 Å². The van der Waals surface area contributed by atoms with Gasteiger partial charge in [0.1, 0.15) is 11.6 Å². The van der Waals surface area contributed by atoms with Crippen molar-refractivity contribution >= 4 is 5.91 Å². The number of nitrogens with one attached hydrogen (secondary N) is 2. The van der Waals surface area contributed by atoms with Crippen LogP contribution in [-0.4, -0.2) is 32.7 Å². The first-order valence-corrected chi connectivity index (χ1v) is 6.83. The van der Waals surface area contributed by atoms with E-state index < -0.39 is 5.91 Å². The molecule has 1 aromatic carbocycles. The van der Waals surface area contributed by atoms with Gasteiger partial charge in [-0.25, -0.2) is 0 Å². The van der Waals surface area contributed by atoms with E-state index >= 15 is 0 Å². The van der Waals surface area contributed by atoms with E-state index in [1.54, 1.807) is 7.11 Å². The summed E-state index contributed by atoms with van der Waals surface area (Å²) < 4.78 is 4.83. The van der Waals surface area contributed by atoms with Crippen molar-refractivity contribution in [1.29, 1.82) is 5.26 Å². The van der Waals surface area contributed by atoms with Crippen molar-refractivity contribution in [3.8, 4) is 6.07 Å². The topological polar surface area (TPSA) is 74.1 Å². The molecule has 1 rings (SSSR count). The number of carbonyl (C=O) groups is 1. The third-order valence-electron chi connectivity index (χ3n) is 2.84. The van der Waals surface area contributed by atoms with E-state index in [1.807, 2.05) is 12.1 Å². The molecule has 0 aliphatic carbocycles. The van der Waals surface area contributed by atoms with Gasteiger partial charge in [0.15, 0.2) is 0 Å². The number of hydrogen-bond acceptors (Lipinski definition) is 4. The highest BCUT2D eigenvalue weighted by Gasteiger charge is 2.07. The average molecular weight is 287 g/mol. The van der Waals surface area contributed by atoms with E-state index in [1.165, 1.54) is 17.3 Å². The Bertz CT molecular complexity index is 533. The summed E-state index contributed by atoms with van der Waals surface area (Å²) in [6.45, 7) is 3.53. The Morgan fingerprint density at radius 2 is 2.24 bits per heavy atom. The summed E-state index contributed by atoms with van der Waals surface area (Å²) in [6.07, 6.45) is 2.29. The van der Waals surface area contributed by atoms with Crippen molar-refractivity contribution in [3.63, 3.8) is 0 Å². The zero-order chi connectivity index (χ0) is 15.5. The van der Waals surface area contributed by atoms with Gasteiger partial charge >= 0.3 is 0 Å². The molecule has 5 heteroatoms. The third-order valence-corrected chi connectivity index (χ3v) is 2.84. The van der Waals surface area contributed by atoms with Crippen LogP contribution >= 0.6 is 0 Å². The number of hydrogen-bond donors (Lipinski definition) is 2. The van der Waals surface area contributed by atoms with Crippen LogP contribution in [0.5, 0.6) is 0 Å². The van der Waals surface area contributed by atoms with Gasteiger partial charge in [0.25, 0.3) is 5.91 Å². The minimum Gasteiger partial charge on any atom is -0.389 e. The van der Waals surface area contributed by atoms with Gasteiger partial charge in [-0.05, 0) is 18.9 Å². The number of rotatable bonds is 8. The van der Waals surface area contributed by atoms with E-state index in [0.29, 0.717) is 19.7 Å². The molecule has 0 unspecified atom stereocenters. The number of ether oxygens (including phenoxy) is 1. The summed E-state index contributed by atoms with van der Waals surface area (Å²) in [6, 6.07) is 10.1. The first-order valence-electron chi connectivity index (χ1n) is 6.83. The number of nitriles is 1. The van der Waals surface area contributed by atoms with Crippen LogP contribution in [0.15, 0.2) is 36.0 Å². The van der Waals surface area contributed by atoms with Crippen molar-refractivity contribution in [1.82, 2.24) is 10.6 Å². The number of aryl methyl sites for hydroxylation is 1. The molecule has 0 saturated heterocycles. The second kappa shape index (κ2) is 9.56. The molecule has 21 heavy (non-hydrogen) atoms. The zero-order valence-corrected chi connectivity index (χ0v) is 12.5. The van der Waals surface area contributed by atoms with Crippen LogP contribution in [0, 0.1) is 18.3 Å². The standard InChI is InChI=1S/C16H21N3O2/c1-13-4-3-5-14(10-13)6-7-18-12-15(11-17)16(20)19-8-9-21-2/h3-5,10,12,18H,6-9H2,1-2H3,(H,19,20)/b15-12-. The fraction of sp³-hybridized carbons (Fsp3) is 0.375. The molecule has 1 amide bonds. The molecule has 0 heterocycles. The van der Waals surface area contributed by atoms with Gasteiger partial charge in [-0.1, -0.05) is 29.8 Å². The second-order valence-electron chi connectivity index (χ2n) is 4.61. The number of nitrogens with zero attached hydrogens (tertiary/aromatic N) is 1. The summed E-state index contributed by atoms with van der Waals surface area (Å²) >= 11 is 0. The molecule has 0 spiro atoms. The van der Waals surface area contributed by atoms with E-state index in [9.17, 15) is 4.79 Å². The quantitative estimate of drug-likeness (QED) is 0.429. The molecule has 0 fully saturated rings. The molecule has 5 nitrogen and oxygen atoms in total. The molecule has 0 aromatic heterocycles. The molecule has 0 radical (unpaired) electrons. The van der Waals surface area contributed by atoms with Gasteiger partial charge < -0.3 is 15.4 Å². The van der Waals surface area contributed by atoms with Gasteiger partial charge in [-0.3, -0.25) is 4.79 Å². The number of methoxy groups -OCH3 is 1. The summed E-state index contributed by atoms with van der Waals surface area (Å²) in [7, 11) is 1.56. The Morgan fingerprint density at radius 1 is 1.43 bits per heavy atom. The average Bonchev–Trinajstić information content (AvgIpc) is 2.47. The summed E-state index contributed by atoms with van der Waals surface area (Å²) in [5.74, 6) is -0.391. The maximum atomic E-state index is 11.7. The summed E-state index contributed by atoms with van der Waals surface area (Å²) in [4.78, 5) is 11.7. The largest absolute Gasteiger partial charge is 0.389 e. The van der Waals surface area contributed by atoms with Crippen molar-refractivity contribution in [2.45, 2.75) is 13.3 Å². The maximum absolute atomic E-state index is 11.7. The molecule has 0 saturated carbocycles. The highest BCUT2D eigenvalue weighted by atomic mass is 16.5. The molecule has 0 aliphatic heterocycles. The van der Waals surface area contributed by atoms with E-state index in [0.717, 1.165) is 6.42 Å². The fourth-order valence-electron chi connectivity index (χ4n) is 1.77. The molecule has 0 bridgehead atoms. The van der Waals surface area contributed by atoms with Crippen molar-refractivity contribution in [3.05, 3.63) is 47.2 Å². The molecule has 0 atom stereocenters. The number of carbonyl (C=O) groups excluding carboxylic acids is 1. The van der Waals surface area contributed by atoms with Crippen molar-refractivity contribution in [2.24, 2.45) is 0 Å². The highest BCUT2D eigenvalue weighted by Crippen LogP contribution is 2.03. The van der Waals surface area contributed by atoms with E-state index in [2.05, 4.69) is 35.8 Å². The summed E-state index contributed by atoms with van der Waals surface area (Å²) in [5, 5.41) is 14.6. The van der Waals surface area contributed by atoms with Gasteiger partial charge in [0, 0.05) is 26.4 Å². The Hall–Kier alpha value is -2.32. The minimum absolute atomic E-state index is 0.0651. The van der Waals surface area contributed by atoms with Crippen LogP contribution in [0.3, 0.4) is 0 Å². The zero-order valence-electron chi connectivity index (χ0n) is 12.5. The number of benzene rings is 1. The monoisotopic (exact) mass is 287 g/mol. The molecule has 0 aliphatic rings. The summed E-state index contributed by atoms with van der Waals surface area (Å²) in [5.41, 5.74) is 2.51. The van der Waals surface area contributed by atoms with Crippen molar-refractivity contribution in [2.75, 3.05) is 26.8 Å². The Kier molecular flexibility index (Phi) is 7.62. The lowest BCUT2D eigenvalue weighted by Crippen LogP contribution is -2.28. The van der Waals surface area contributed by atoms with E-state index in [4.69, 9.17) is 10.00 Å². The Labute approximate surface area is 125 Å². The van der Waals surface area contributed by atoms with Crippen LogP contribution in [-0.2, 0) is 16.0 Å². The van der Waals surface area contributed by atoms with E-state index in [-0.39, 0.29) is 5.57 Å². The lowest BCUT2D eigenvalue weighted by molar-refractivity contribution is -0.117. The van der Waals surface area contributed by atoms with Crippen molar-refractivity contribution < 1.29 is 9.53 Å². The predicted molar refractivity (Wildman–Crippen MR) is 81.5 cm³/mol. The predicted octanol–water partition coefficient (Wildman–Crippen LogP) is 1.30. The SMILES string of the molecule is COCCNC(=O)/C(C#N)=C\NCCc1cccc(C)c1. The first kappa shape index (κ1) is 16.7. The van der Waals surface area contributed by atoms with Crippen LogP contribution in [0.1, 0.15) is 11.1 Å². The second-order valence-corrected chi connectivity index (χ2v) is 4.61. The highest BCUT2D eigenvalue weighted by molar-refractivity contribution is 5.97. The maximum Gasteiger partial charge on any atom is 0.263 e. The Morgan fingerprint density at radius 3 is 2.90 bits per heavy atom. The lowest BCUT2D eigenvalue weighted by Gasteiger charge is -2.05. The van der Waals surface area contributed by atoms with Crippen LogP contribution < -0.4 is 10.6 Å².